The van der Waals surface area contributed by atoms with Gasteiger partial charge in [-0.3, -0.25) is 0 Å². The van der Waals surface area contributed by atoms with Crippen LogP contribution in [0.25, 0.3) is 0 Å². The van der Waals surface area contributed by atoms with Gasteiger partial charge in [0.1, 0.15) is 0 Å². The van der Waals surface area contributed by atoms with Crippen LogP contribution >= 0.6 is 86.4 Å². The summed E-state index contributed by atoms with van der Waals surface area (Å²) in [4.78, 5) is 1.30. The monoisotopic (exact) mass is 549 g/mol. The van der Waals surface area contributed by atoms with Crippen LogP contribution in [0.2, 0.25) is 0 Å². The Morgan fingerprint density at radius 2 is 1.84 bits per heavy atom. The Balaban J connectivity index is 2.38. The summed E-state index contributed by atoms with van der Waals surface area (Å²) in [5, 5.41) is 3.62. The Morgan fingerprint density at radius 1 is 1.11 bits per heavy atom. The van der Waals surface area contributed by atoms with Gasteiger partial charge >= 0.3 is 0 Å². The second-order valence-corrected chi connectivity index (χ2v) is 10.9. The summed E-state index contributed by atoms with van der Waals surface area (Å²) >= 11 is 17.8. The van der Waals surface area contributed by atoms with Gasteiger partial charge in [-0.2, -0.15) is 0 Å². The lowest BCUT2D eigenvalue weighted by atomic mass is 10.1. The maximum Gasteiger partial charge on any atom is 0.0843 e. The van der Waals surface area contributed by atoms with Crippen molar-refractivity contribution in [3.8, 4) is 0 Å². The average molecular weight is 553 g/mol. The van der Waals surface area contributed by atoms with E-state index in [0.29, 0.717) is 0 Å². The zero-order chi connectivity index (χ0) is 14.0. The Hall–Kier alpha value is 1.28. The molecule has 1 atom stereocenters. The van der Waals surface area contributed by atoms with E-state index in [4.69, 9.17) is 0 Å². The van der Waals surface area contributed by atoms with E-state index in [1.165, 1.54) is 14.2 Å². The standard InChI is InChI=1S/C12H11Br4NS2/c1-2-3-17-10(6-4-9(14)19-11(6)15)8-5-7(13)12(16)18-8/h4-5,10,17H,2-3H2,1H3. The van der Waals surface area contributed by atoms with E-state index in [0.717, 1.165) is 25.0 Å². The molecular weight excluding hydrogens is 542 g/mol. The Bertz CT molecular complexity index is 545. The van der Waals surface area contributed by atoms with Crippen LogP contribution in [0.5, 0.6) is 0 Å². The van der Waals surface area contributed by atoms with E-state index >= 15 is 0 Å². The largest absolute Gasteiger partial charge is 0.306 e. The van der Waals surface area contributed by atoms with Crippen molar-refractivity contribution >= 4 is 86.4 Å². The highest BCUT2D eigenvalue weighted by molar-refractivity contribution is 9.13. The van der Waals surface area contributed by atoms with Gasteiger partial charge in [-0.25, -0.2) is 0 Å². The molecule has 2 aromatic heterocycles. The van der Waals surface area contributed by atoms with Crippen molar-refractivity contribution in [1.29, 1.82) is 0 Å². The Labute approximate surface area is 154 Å². The van der Waals surface area contributed by atoms with Gasteiger partial charge in [-0.05, 0) is 88.8 Å². The fraction of sp³-hybridized carbons (Fsp3) is 0.333. The summed E-state index contributed by atoms with van der Waals surface area (Å²) in [6, 6.07) is 4.59. The van der Waals surface area contributed by atoms with Gasteiger partial charge in [-0.15, -0.1) is 22.7 Å². The van der Waals surface area contributed by atoms with E-state index in [1.807, 2.05) is 0 Å². The molecule has 0 fully saturated rings. The Morgan fingerprint density at radius 3 is 2.32 bits per heavy atom. The van der Waals surface area contributed by atoms with Gasteiger partial charge in [0.05, 0.1) is 17.4 Å². The van der Waals surface area contributed by atoms with Crippen molar-refractivity contribution in [2.75, 3.05) is 6.54 Å². The number of hydrogen-bond acceptors (Lipinski definition) is 3. The lowest BCUT2D eigenvalue weighted by Crippen LogP contribution is -2.22. The van der Waals surface area contributed by atoms with Gasteiger partial charge in [0.15, 0.2) is 0 Å². The van der Waals surface area contributed by atoms with Crippen LogP contribution in [0.4, 0.5) is 0 Å². The first kappa shape index (κ1) is 16.6. The van der Waals surface area contributed by atoms with E-state index in [2.05, 4.69) is 88.1 Å². The van der Waals surface area contributed by atoms with Crippen LogP contribution in [0, 0.1) is 0 Å². The van der Waals surface area contributed by atoms with Crippen LogP contribution < -0.4 is 5.32 Å². The average Bonchev–Trinajstić information content (AvgIpc) is 2.84. The smallest absolute Gasteiger partial charge is 0.0843 e. The van der Waals surface area contributed by atoms with Gasteiger partial charge in [-0.1, -0.05) is 6.92 Å². The van der Waals surface area contributed by atoms with Crippen LogP contribution in [-0.4, -0.2) is 6.54 Å². The molecule has 1 N–H and O–H groups in total. The Kier molecular flexibility index (Phi) is 6.58. The maximum atomic E-state index is 3.66. The predicted octanol–water partition coefficient (Wildman–Crippen LogP) is 6.95. The molecule has 0 aliphatic rings. The molecule has 0 aliphatic heterocycles. The minimum absolute atomic E-state index is 0.226. The highest BCUT2D eigenvalue weighted by Gasteiger charge is 2.21. The number of hydrogen-bond donors (Lipinski definition) is 1. The molecule has 0 radical (unpaired) electrons. The quantitative estimate of drug-likeness (QED) is 0.423. The molecule has 7 heteroatoms. The maximum absolute atomic E-state index is 3.66. The van der Waals surface area contributed by atoms with E-state index < -0.39 is 0 Å². The molecule has 0 aliphatic carbocycles. The van der Waals surface area contributed by atoms with Gasteiger partial charge in [0, 0.05) is 14.9 Å². The zero-order valence-corrected chi connectivity index (χ0v) is 18.0. The molecule has 0 aromatic carbocycles. The third kappa shape index (κ3) is 4.14. The number of halogens is 4. The topological polar surface area (TPSA) is 12.0 Å². The van der Waals surface area contributed by atoms with E-state index in [1.54, 1.807) is 22.7 Å². The third-order valence-corrected chi connectivity index (χ3v) is 8.25. The SMILES string of the molecule is CCCNC(c1cc(Br)c(Br)s1)c1cc(Br)sc1Br. The van der Waals surface area contributed by atoms with Crippen molar-refractivity contribution < 1.29 is 0 Å². The molecule has 1 nitrogen and oxygen atoms in total. The van der Waals surface area contributed by atoms with Gasteiger partial charge in [0.2, 0.25) is 0 Å². The first-order valence-electron chi connectivity index (χ1n) is 5.65. The number of thiophene rings is 2. The first-order chi connectivity index (χ1) is 9.02. The summed E-state index contributed by atoms with van der Waals surface area (Å²) in [5.41, 5.74) is 1.28. The second kappa shape index (κ2) is 7.51. The minimum Gasteiger partial charge on any atom is -0.306 e. The van der Waals surface area contributed by atoms with Gasteiger partial charge < -0.3 is 5.32 Å². The van der Waals surface area contributed by atoms with Crippen LogP contribution in [0.1, 0.15) is 29.8 Å². The van der Waals surface area contributed by atoms with Crippen LogP contribution in [-0.2, 0) is 0 Å². The molecule has 104 valence electrons. The number of nitrogens with one attached hydrogen (secondary N) is 1. The molecular formula is C12H11Br4NS2. The third-order valence-electron chi connectivity index (χ3n) is 2.54. The van der Waals surface area contributed by atoms with Gasteiger partial charge in [0.25, 0.3) is 0 Å². The lowest BCUT2D eigenvalue weighted by molar-refractivity contribution is 0.605. The van der Waals surface area contributed by atoms with Crippen molar-refractivity contribution in [1.82, 2.24) is 5.32 Å². The summed E-state index contributed by atoms with van der Waals surface area (Å²) in [7, 11) is 0. The lowest BCUT2D eigenvalue weighted by Gasteiger charge is -2.16. The summed E-state index contributed by atoms with van der Waals surface area (Å²) in [5.74, 6) is 0. The predicted molar refractivity (Wildman–Crippen MR) is 99.6 cm³/mol. The zero-order valence-electron chi connectivity index (χ0n) is 9.97. The summed E-state index contributed by atoms with van der Waals surface area (Å²) in [6.45, 7) is 3.18. The summed E-state index contributed by atoms with van der Waals surface area (Å²) in [6.07, 6.45) is 1.12. The van der Waals surface area contributed by atoms with Crippen molar-refractivity contribution in [3.05, 3.63) is 38.4 Å². The van der Waals surface area contributed by atoms with E-state index in [-0.39, 0.29) is 6.04 Å². The fourth-order valence-electron chi connectivity index (χ4n) is 1.71. The number of rotatable bonds is 5. The van der Waals surface area contributed by atoms with Crippen molar-refractivity contribution in [2.45, 2.75) is 19.4 Å². The summed E-state index contributed by atoms with van der Waals surface area (Å²) < 4.78 is 4.57. The minimum atomic E-state index is 0.226. The van der Waals surface area contributed by atoms with Crippen LogP contribution in [0.3, 0.4) is 0 Å². The molecule has 19 heavy (non-hydrogen) atoms. The molecule has 0 bridgehead atoms. The fourth-order valence-corrected chi connectivity index (χ4v) is 6.79. The van der Waals surface area contributed by atoms with Crippen LogP contribution in [0.15, 0.2) is 28.0 Å². The van der Waals surface area contributed by atoms with Crippen molar-refractivity contribution in [2.24, 2.45) is 0 Å². The molecule has 0 saturated heterocycles. The molecule has 2 heterocycles. The second-order valence-electron chi connectivity index (χ2n) is 3.94. The molecule has 0 spiro atoms. The van der Waals surface area contributed by atoms with Crippen molar-refractivity contribution in [3.63, 3.8) is 0 Å². The first-order valence-corrected chi connectivity index (χ1v) is 10.5. The molecule has 0 saturated carbocycles. The highest BCUT2D eigenvalue weighted by Crippen LogP contribution is 2.42. The normalized spacial score (nSPS) is 12.9. The molecule has 1 unspecified atom stereocenters. The highest BCUT2D eigenvalue weighted by atomic mass is 79.9. The molecule has 0 amide bonds. The van der Waals surface area contributed by atoms with E-state index in [9.17, 15) is 0 Å². The molecule has 2 aromatic rings. The molecule has 2 rings (SSSR count).